The number of nitrogens with zero attached hydrogens (tertiary/aromatic N) is 1. The topological polar surface area (TPSA) is 48.1 Å². The van der Waals surface area contributed by atoms with Crippen molar-refractivity contribution in [2.45, 2.75) is 32.7 Å². The summed E-state index contributed by atoms with van der Waals surface area (Å²) < 4.78 is 5.48. The average molecular weight is 229 g/mol. The van der Waals surface area contributed by atoms with Gasteiger partial charge < -0.3 is 10.5 Å². The summed E-state index contributed by atoms with van der Waals surface area (Å²) in [6.07, 6.45) is 5.03. The SMILES string of the molecule is CCCCCOc1nccc(CN)c1Cl. The quantitative estimate of drug-likeness (QED) is 0.762. The van der Waals surface area contributed by atoms with Crippen LogP contribution in [0.5, 0.6) is 5.88 Å². The Labute approximate surface area is 95.6 Å². The summed E-state index contributed by atoms with van der Waals surface area (Å²) in [6.45, 7) is 3.22. The molecule has 0 spiro atoms. The predicted octanol–water partition coefficient (Wildman–Crippen LogP) is 2.76. The molecule has 0 amide bonds. The molecule has 15 heavy (non-hydrogen) atoms. The first-order valence-corrected chi connectivity index (χ1v) is 5.63. The minimum absolute atomic E-state index is 0.409. The summed E-state index contributed by atoms with van der Waals surface area (Å²) >= 11 is 6.05. The summed E-state index contributed by atoms with van der Waals surface area (Å²) in [5, 5.41) is 0.538. The summed E-state index contributed by atoms with van der Waals surface area (Å²) in [5.41, 5.74) is 6.40. The van der Waals surface area contributed by atoms with E-state index in [2.05, 4.69) is 11.9 Å². The van der Waals surface area contributed by atoms with Gasteiger partial charge in [-0.25, -0.2) is 4.98 Å². The van der Waals surface area contributed by atoms with E-state index >= 15 is 0 Å². The van der Waals surface area contributed by atoms with Crippen molar-refractivity contribution in [3.8, 4) is 5.88 Å². The van der Waals surface area contributed by atoms with Gasteiger partial charge in [0.2, 0.25) is 5.88 Å². The van der Waals surface area contributed by atoms with E-state index < -0.39 is 0 Å². The lowest BCUT2D eigenvalue weighted by Gasteiger charge is -2.08. The van der Waals surface area contributed by atoms with Crippen molar-refractivity contribution in [1.29, 1.82) is 0 Å². The number of rotatable bonds is 6. The molecule has 0 atom stereocenters. The van der Waals surface area contributed by atoms with Crippen molar-refractivity contribution in [2.24, 2.45) is 5.73 Å². The number of halogens is 1. The Morgan fingerprint density at radius 3 is 2.93 bits per heavy atom. The number of pyridine rings is 1. The number of ether oxygens (including phenoxy) is 1. The van der Waals surface area contributed by atoms with E-state index in [1.807, 2.05) is 0 Å². The molecule has 84 valence electrons. The Morgan fingerprint density at radius 2 is 2.27 bits per heavy atom. The molecule has 1 rings (SSSR count). The van der Waals surface area contributed by atoms with Crippen LogP contribution in [-0.4, -0.2) is 11.6 Å². The van der Waals surface area contributed by atoms with Gasteiger partial charge in [-0.3, -0.25) is 0 Å². The minimum atomic E-state index is 0.409. The molecule has 0 aliphatic carbocycles. The van der Waals surface area contributed by atoms with Crippen LogP contribution in [0.3, 0.4) is 0 Å². The van der Waals surface area contributed by atoms with Crippen molar-refractivity contribution in [3.05, 3.63) is 22.8 Å². The van der Waals surface area contributed by atoms with Crippen molar-refractivity contribution in [2.75, 3.05) is 6.61 Å². The minimum Gasteiger partial charge on any atom is -0.477 e. The second kappa shape index (κ2) is 6.64. The molecule has 0 aromatic carbocycles. The van der Waals surface area contributed by atoms with Crippen LogP contribution in [0.15, 0.2) is 12.3 Å². The third-order valence-electron chi connectivity index (χ3n) is 2.14. The molecule has 1 aromatic rings. The Hall–Kier alpha value is -0.800. The molecule has 0 saturated heterocycles. The molecule has 0 radical (unpaired) electrons. The molecule has 1 heterocycles. The van der Waals surface area contributed by atoms with Gasteiger partial charge in [-0.2, -0.15) is 0 Å². The number of hydrogen-bond acceptors (Lipinski definition) is 3. The van der Waals surface area contributed by atoms with Crippen LogP contribution in [0.2, 0.25) is 5.02 Å². The molecular formula is C11H17ClN2O. The summed E-state index contributed by atoms with van der Waals surface area (Å²) in [7, 11) is 0. The Morgan fingerprint density at radius 1 is 1.47 bits per heavy atom. The number of aromatic nitrogens is 1. The van der Waals surface area contributed by atoms with Crippen molar-refractivity contribution in [1.82, 2.24) is 4.98 Å². The van der Waals surface area contributed by atoms with Crippen LogP contribution in [0.25, 0.3) is 0 Å². The standard InChI is InChI=1S/C11H17ClN2O/c1-2-3-4-7-15-11-10(12)9(8-13)5-6-14-11/h5-6H,2-4,7-8,13H2,1H3. The van der Waals surface area contributed by atoms with Crippen LogP contribution < -0.4 is 10.5 Å². The van der Waals surface area contributed by atoms with Gasteiger partial charge in [0.05, 0.1) is 6.61 Å². The van der Waals surface area contributed by atoms with E-state index in [4.69, 9.17) is 22.1 Å². The Bertz CT molecular complexity index is 305. The number of unbranched alkanes of at least 4 members (excludes halogenated alkanes) is 2. The third kappa shape index (κ3) is 3.68. The summed E-state index contributed by atoms with van der Waals surface area (Å²) in [4.78, 5) is 4.07. The molecule has 0 unspecified atom stereocenters. The van der Waals surface area contributed by atoms with Crippen LogP contribution >= 0.6 is 11.6 Å². The maximum Gasteiger partial charge on any atom is 0.232 e. The highest BCUT2D eigenvalue weighted by molar-refractivity contribution is 6.32. The maximum absolute atomic E-state index is 6.05. The van der Waals surface area contributed by atoms with Gasteiger partial charge in [-0.1, -0.05) is 31.4 Å². The van der Waals surface area contributed by atoms with Crippen LogP contribution in [0.1, 0.15) is 31.7 Å². The second-order valence-electron chi connectivity index (χ2n) is 3.35. The fraction of sp³-hybridized carbons (Fsp3) is 0.545. The van der Waals surface area contributed by atoms with Gasteiger partial charge in [-0.05, 0) is 18.1 Å². The highest BCUT2D eigenvalue weighted by atomic mass is 35.5. The van der Waals surface area contributed by atoms with E-state index in [1.54, 1.807) is 12.3 Å². The summed E-state index contributed by atoms with van der Waals surface area (Å²) in [6, 6.07) is 1.81. The molecule has 0 fully saturated rings. The molecule has 0 bridgehead atoms. The zero-order valence-corrected chi connectivity index (χ0v) is 9.76. The Kier molecular flexibility index (Phi) is 5.43. The van der Waals surface area contributed by atoms with Crippen LogP contribution in [0.4, 0.5) is 0 Å². The lowest BCUT2D eigenvalue weighted by molar-refractivity contribution is 0.295. The zero-order valence-electron chi connectivity index (χ0n) is 9.00. The first-order valence-electron chi connectivity index (χ1n) is 5.25. The fourth-order valence-electron chi connectivity index (χ4n) is 1.24. The molecule has 4 heteroatoms. The van der Waals surface area contributed by atoms with Gasteiger partial charge in [0.15, 0.2) is 0 Å². The molecule has 3 nitrogen and oxygen atoms in total. The molecular weight excluding hydrogens is 212 g/mol. The van der Waals surface area contributed by atoms with Gasteiger partial charge in [0.1, 0.15) is 5.02 Å². The van der Waals surface area contributed by atoms with E-state index in [0.717, 1.165) is 18.4 Å². The van der Waals surface area contributed by atoms with Gasteiger partial charge in [0, 0.05) is 12.7 Å². The molecule has 0 aliphatic heterocycles. The van der Waals surface area contributed by atoms with Crippen LogP contribution in [-0.2, 0) is 6.54 Å². The lowest BCUT2D eigenvalue weighted by atomic mass is 10.2. The molecule has 0 aliphatic rings. The van der Waals surface area contributed by atoms with Gasteiger partial charge in [-0.15, -0.1) is 0 Å². The first-order chi connectivity index (χ1) is 7.29. The predicted molar refractivity (Wildman–Crippen MR) is 62.2 cm³/mol. The normalized spacial score (nSPS) is 10.3. The second-order valence-corrected chi connectivity index (χ2v) is 3.73. The smallest absolute Gasteiger partial charge is 0.232 e. The first kappa shape index (κ1) is 12.3. The Balaban J connectivity index is 2.53. The zero-order chi connectivity index (χ0) is 11.1. The molecule has 1 aromatic heterocycles. The number of nitrogens with two attached hydrogens (primary N) is 1. The van der Waals surface area contributed by atoms with Crippen molar-refractivity contribution >= 4 is 11.6 Å². The fourth-order valence-corrected chi connectivity index (χ4v) is 1.48. The van der Waals surface area contributed by atoms with Crippen molar-refractivity contribution in [3.63, 3.8) is 0 Å². The van der Waals surface area contributed by atoms with E-state index in [1.165, 1.54) is 6.42 Å². The monoisotopic (exact) mass is 228 g/mol. The van der Waals surface area contributed by atoms with E-state index in [-0.39, 0.29) is 0 Å². The van der Waals surface area contributed by atoms with E-state index in [9.17, 15) is 0 Å². The lowest BCUT2D eigenvalue weighted by Crippen LogP contribution is -2.03. The average Bonchev–Trinajstić information content (AvgIpc) is 2.26. The summed E-state index contributed by atoms with van der Waals surface area (Å²) in [5.74, 6) is 0.496. The van der Waals surface area contributed by atoms with Crippen LogP contribution in [0, 0.1) is 0 Å². The van der Waals surface area contributed by atoms with E-state index in [0.29, 0.717) is 24.1 Å². The maximum atomic E-state index is 6.05. The van der Waals surface area contributed by atoms with Gasteiger partial charge in [0.25, 0.3) is 0 Å². The highest BCUT2D eigenvalue weighted by Gasteiger charge is 2.06. The van der Waals surface area contributed by atoms with Gasteiger partial charge >= 0.3 is 0 Å². The third-order valence-corrected chi connectivity index (χ3v) is 2.55. The number of hydrogen-bond donors (Lipinski definition) is 1. The van der Waals surface area contributed by atoms with Crippen molar-refractivity contribution < 1.29 is 4.74 Å². The molecule has 2 N–H and O–H groups in total. The largest absolute Gasteiger partial charge is 0.477 e. The molecule has 0 saturated carbocycles. The highest BCUT2D eigenvalue weighted by Crippen LogP contribution is 2.25.